The van der Waals surface area contributed by atoms with Crippen LogP contribution in [0.25, 0.3) is 10.9 Å². The predicted octanol–water partition coefficient (Wildman–Crippen LogP) is 2.58. The summed E-state index contributed by atoms with van der Waals surface area (Å²) in [4.78, 5) is 39.5. The third-order valence-electron chi connectivity index (χ3n) is 4.85. The highest BCUT2D eigenvalue weighted by Crippen LogP contribution is 2.32. The number of aromatic amines is 1. The van der Waals surface area contributed by atoms with Crippen LogP contribution in [0.15, 0.2) is 24.4 Å². The summed E-state index contributed by atoms with van der Waals surface area (Å²) in [6, 6.07) is 4.48. The van der Waals surface area contributed by atoms with Gasteiger partial charge in [-0.25, -0.2) is 0 Å². The summed E-state index contributed by atoms with van der Waals surface area (Å²) in [6.07, 6.45) is 4.45. The minimum absolute atomic E-state index is 0.112. The third-order valence-corrected chi connectivity index (χ3v) is 4.85. The van der Waals surface area contributed by atoms with E-state index >= 15 is 0 Å². The first-order valence-corrected chi connectivity index (χ1v) is 9.05. The Hall–Kier alpha value is -2.87. The van der Waals surface area contributed by atoms with E-state index in [1.165, 1.54) is 0 Å². The van der Waals surface area contributed by atoms with Crippen LogP contribution in [0.1, 0.15) is 43.7 Å². The maximum Gasteiger partial charge on any atom is 0.325 e. The standard InChI is InChI=1S/C19H23N3O5/c23-16(6-7-17(24)25)21-12-4-5-15-13(10-12)14(11-20-15)18(19(26)27)22-8-2-1-3-9-22/h4-5,10-11,18,20H,1-3,6-9H2,(H,21,23)(H,24,25)(H,26,27)/t18-/m0/s1. The topological polar surface area (TPSA) is 123 Å². The van der Waals surface area contributed by atoms with Crippen molar-refractivity contribution in [3.05, 3.63) is 30.0 Å². The molecule has 0 unspecified atom stereocenters. The highest BCUT2D eigenvalue weighted by Gasteiger charge is 2.30. The Morgan fingerprint density at radius 2 is 1.85 bits per heavy atom. The molecule has 27 heavy (non-hydrogen) atoms. The molecular formula is C19H23N3O5. The zero-order valence-corrected chi connectivity index (χ0v) is 14.9. The minimum Gasteiger partial charge on any atom is -0.481 e. The van der Waals surface area contributed by atoms with Gasteiger partial charge in [-0.1, -0.05) is 6.42 Å². The lowest BCUT2D eigenvalue weighted by molar-refractivity contribution is -0.144. The van der Waals surface area contributed by atoms with Crippen molar-refractivity contribution >= 4 is 34.4 Å². The number of fused-ring (bicyclic) bond motifs is 1. The number of hydrogen-bond acceptors (Lipinski definition) is 4. The van der Waals surface area contributed by atoms with Gasteiger partial charge in [0.1, 0.15) is 6.04 Å². The van der Waals surface area contributed by atoms with E-state index in [2.05, 4.69) is 10.3 Å². The number of nitrogens with zero attached hydrogens (tertiary/aromatic N) is 1. The van der Waals surface area contributed by atoms with Crippen LogP contribution in [0.5, 0.6) is 0 Å². The number of carboxylic acid groups (broad SMARTS) is 2. The summed E-state index contributed by atoms with van der Waals surface area (Å²) in [6.45, 7) is 1.49. The van der Waals surface area contributed by atoms with Gasteiger partial charge in [0.15, 0.2) is 0 Å². The summed E-state index contributed by atoms with van der Waals surface area (Å²) in [5, 5.41) is 21.9. The summed E-state index contributed by atoms with van der Waals surface area (Å²) in [5.41, 5.74) is 1.97. The predicted molar refractivity (Wildman–Crippen MR) is 99.6 cm³/mol. The second kappa shape index (κ2) is 8.22. The molecular weight excluding hydrogens is 350 g/mol. The molecule has 2 heterocycles. The normalized spacial score (nSPS) is 16.1. The quantitative estimate of drug-likeness (QED) is 0.592. The zero-order chi connectivity index (χ0) is 19.4. The SMILES string of the molecule is O=C(O)CCC(=O)Nc1ccc2[nH]cc([C@@H](C(=O)O)N3CCCCC3)c2c1. The van der Waals surface area contributed by atoms with Gasteiger partial charge in [-0.05, 0) is 44.1 Å². The smallest absolute Gasteiger partial charge is 0.325 e. The zero-order valence-electron chi connectivity index (χ0n) is 14.9. The van der Waals surface area contributed by atoms with Crippen LogP contribution >= 0.6 is 0 Å². The van der Waals surface area contributed by atoms with Gasteiger partial charge in [0.2, 0.25) is 5.91 Å². The van der Waals surface area contributed by atoms with Crippen molar-refractivity contribution in [3.63, 3.8) is 0 Å². The van der Waals surface area contributed by atoms with E-state index in [0.717, 1.165) is 43.3 Å². The fourth-order valence-corrected chi connectivity index (χ4v) is 3.55. The van der Waals surface area contributed by atoms with E-state index in [9.17, 15) is 19.5 Å². The van der Waals surface area contributed by atoms with Crippen molar-refractivity contribution in [1.82, 2.24) is 9.88 Å². The molecule has 1 saturated heterocycles. The van der Waals surface area contributed by atoms with E-state index in [1.807, 2.05) is 4.90 Å². The molecule has 1 aromatic heterocycles. The lowest BCUT2D eigenvalue weighted by Crippen LogP contribution is -2.37. The molecule has 1 fully saturated rings. The molecule has 1 aromatic carbocycles. The number of aliphatic carboxylic acids is 2. The van der Waals surface area contributed by atoms with Crippen LogP contribution in [-0.4, -0.2) is 51.0 Å². The number of carboxylic acids is 2. The Kier molecular flexibility index (Phi) is 5.75. The molecule has 8 nitrogen and oxygen atoms in total. The Morgan fingerprint density at radius 1 is 1.11 bits per heavy atom. The summed E-state index contributed by atoms with van der Waals surface area (Å²) >= 11 is 0. The van der Waals surface area contributed by atoms with Crippen molar-refractivity contribution in [2.75, 3.05) is 18.4 Å². The van der Waals surface area contributed by atoms with Crippen molar-refractivity contribution in [2.45, 2.75) is 38.1 Å². The van der Waals surface area contributed by atoms with E-state index in [4.69, 9.17) is 5.11 Å². The molecule has 1 aliphatic rings. The summed E-state index contributed by atoms with van der Waals surface area (Å²) in [5.74, 6) is -2.31. The van der Waals surface area contributed by atoms with E-state index in [0.29, 0.717) is 11.3 Å². The maximum atomic E-state index is 12.0. The first-order chi connectivity index (χ1) is 13.0. The van der Waals surface area contributed by atoms with E-state index in [1.54, 1.807) is 24.4 Å². The Labute approximate surface area is 156 Å². The number of anilines is 1. The van der Waals surface area contributed by atoms with Crippen molar-refractivity contribution in [3.8, 4) is 0 Å². The number of rotatable bonds is 7. The minimum atomic E-state index is -1.03. The molecule has 8 heteroatoms. The number of benzene rings is 1. The third kappa shape index (κ3) is 4.46. The molecule has 144 valence electrons. The molecule has 0 bridgehead atoms. The number of likely N-dealkylation sites (tertiary alicyclic amines) is 1. The number of aromatic nitrogens is 1. The highest BCUT2D eigenvalue weighted by molar-refractivity contribution is 5.96. The van der Waals surface area contributed by atoms with E-state index < -0.39 is 18.0 Å². The lowest BCUT2D eigenvalue weighted by atomic mass is 10.0. The molecule has 0 radical (unpaired) electrons. The first-order valence-electron chi connectivity index (χ1n) is 9.05. The van der Waals surface area contributed by atoms with Crippen LogP contribution in [0.4, 0.5) is 5.69 Å². The largest absolute Gasteiger partial charge is 0.481 e. The van der Waals surface area contributed by atoms with Crippen LogP contribution in [0.3, 0.4) is 0 Å². The van der Waals surface area contributed by atoms with Gasteiger partial charge in [0.25, 0.3) is 0 Å². The van der Waals surface area contributed by atoms with Crippen LogP contribution in [-0.2, 0) is 14.4 Å². The van der Waals surface area contributed by atoms with Gasteiger partial charge in [0, 0.05) is 34.8 Å². The molecule has 1 aliphatic heterocycles. The molecule has 0 aliphatic carbocycles. The van der Waals surface area contributed by atoms with Crippen LogP contribution < -0.4 is 5.32 Å². The molecule has 4 N–H and O–H groups in total. The van der Waals surface area contributed by atoms with Gasteiger partial charge in [0.05, 0.1) is 6.42 Å². The number of amides is 1. The first kappa shape index (κ1) is 18.9. The number of hydrogen-bond donors (Lipinski definition) is 4. The van der Waals surface area contributed by atoms with E-state index in [-0.39, 0.29) is 18.7 Å². The summed E-state index contributed by atoms with van der Waals surface area (Å²) < 4.78 is 0. The number of carbonyl (C=O) groups excluding carboxylic acids is 1. The van der Waals surface area contributed by atoms with Crippen molar-refractivity contribution in [1.29, 1.82) is 0 Å². The van der Waals surface area contributed by atoms with Crippen LogP contribution in [0, 0.1) is 0 Å². The highest BCUT2D eigenvalue weighted by atomic mass is 16.4. The number of carbonyl (C=O) groups is 3. The molecule has 1 atom stereocenters. The second-order valence-corrected chi connectivity index (χ2v) is 6.78. The Bertz CT molecular complexity index is 854. The van der Waals surface area contributed by atoms with Crippen molar-refractivity contribution < 1.29 is 24.6 Å². The number of nitrogens with one attached hydrogen (secondary N) is 2. The maximum absolute atomic E-state index is 12.0. The number of piperidine rings is 1. The fraction of sp³-hybridized carbons (Fsp3) is 0.421. The van der Waals surface area contributed by atoms with Crippen LogP contribution in [0.2, 0.25) is 0 Å². The molecule has 0 saturated carbocycles. The van der Waals surface area contributed by atoms with Gasteiger partial charge >= 0.3 is 11.9 Å². The van der Waals surface area contributed by atoms with Crippen molar-refractivity contribution in [2.24, 2.45) is 0 Å². The Morgan fingerprint density at radius 3 is 2.52 bits per heavy atom. The average molecular weight is 373 g/mol. The molecule has 1 amide bonds. The second-order valence-electron chi connectivity index (χ2n) is 6.78. The molecule has 2 aromatic rings. The molecule has 0 spiro atoms. The molecule has 3 rings (SSSR count). The van der Waals surface area contributed by atoms with Gasteiger partial charge in [-0.2, -0.15) is 0 Å². The number of H-pyrrole nitrogens is 1. The fourth-order valence-electron chi connectivity index (χ4n) is 3.55. The lowest BCUT2D eigenvalue weighted by Gasteiger charge is -2.31. The Balaban J connectivity index is 1.86. The average Bonchev–Trinajstić information content (AvgIpc) is 3.04. The summed E-state index contributed by atoms with van der Waals surface area (Å²) in [7, 11) is 0. The monoisotopic (exact) mass is 373 g/mol. The van der Waals surface area contributed by atoms with Gasteiger partial charge < -0.3 is 20.5 Å². The van der Waals surface area contributed by atoms with Gasteiger partial charge in [-0.3, -0.25) is 19.3 Å². The van der Waals surface area contributed by atoms with Gasteiger partial charge in [-0.15, -0.1) is 0 Å².